The molecule has 0 atom stereocenters. The van der Waals surface area contributed by atoms with Gasteiger partial charge < -0.3 is 9.30 Å². The molecule has 168 valence electrons. The minimum Gasteiger partial charge on any atom is -0.494 e. The highest BCUT2D eigenvalue weighted by Crippen LogP contribution is 2.25. The van der Waals surface area contributed by atoms with E-state index in [0.717, 1.165) is 34.2 Å². The molecule has 1 amide bonds. The normalized spacial score (nSPS) is 11.2. The molecular formula is C26H23Cl2N3O2. The van der Waals surface area contributed by atoms with E-state index in [1.807, 2.05) is 49.5 Å². The predicted octanol–water partition coefficient (Wildman–Crippen LogP) is 6.55. The Kier molecular flexibility index (Phi) is 7.33. The summed E-state index contributed by atoms with van der Waals surface area (Å²) in [6.45, 7) is 3.32. The Morgan fingerprint density at radius 3 is 2.61 bits per heavy atom. The second kappa shape index (κ2) is 10.6. The standard InChI is InChI=1S/C26H23Cl2N3O2/c1-2-13-33-21-10-8-19(9-11-21)26(32)30-29-15-20-17-31(25-6-4-3-5-22(20)25)16-18-7-12-23(27)24(28)14-18/h3-12,14-15,17H,2,13,16H2,1H3,(H,30,32)/b29-15+. The lowest BCUT2D eigenvalue weighted by molar-refractivity contribution is 0.0955. The molecule has 0 unspecified atom stereocenters. The Morgan fingerprint density at radius 1 is 1.06 bits per heavy atom. The average molecular weight is 480 g/mol. The van der Waals surface area contributed by atoms with Crippen molar-refractivity contribution in [2.45, 2.75) is 19.9 Å². The molecule has 0 aliphatic heterocycles. The van der Waals surface area contributed by atoms with Crippen LogP contribution in [0.1, 0.15) is 34.8 Å². The Balaban J connectivity index is 1.49. The number of benzene rings is 3. The van der Waals surface area contributed by atoms with Crippen molar-refractivity contribution in [1.82, 2.24) is 9.99 Å². The van der Waals surface area contributed by atoms with Crippen LogP contribution in [0.25, 0.3) is 10.9 Å². The van der Waals surface area contributed by atoms with Crippen LogP contribution in [0.5, 0.6) is 5.75 Å². The highest BCUT2D eigenvalue weighted by Gasteiger charge is 2.09. The maximum Gasteiger partial charge on any atom is 0.271 e. The van der Waals surface area contributed by atoms with Crippen molar-refractivity contribution >= 4 is 46.2 Å². The lowest BCUT2D eigenvalue weighted by Gasteiger charge is -2.06. The Hall–Kier alpha value is -3.28. The number of hydrogen-bond acceptors (Lipinski definition) is 3. The van der Waals surface area contributed by atoms with Gasteiger partial charge in [-0.05, 0) is 54.4 Å². The fourth-order valence-electron chi connectivity index (χ4n) is 3.49. The first-order valence-corrected chi connectivity index (χ1v) is 11.4. The zero-order chi connectivity index (χ0) is 23.2. The molecule has 0 saturated heterocycles. The number of nitrogens with one attached hydrogen (secondary N) is 1. The summed E-state index contributed by atoms with van der Waals surface area (Å²) in [6, 6.07) is 20.7. The highest BCUT2D eigenvalue weighted by molar-refractivity contribution is 6.42. The van der Waals surface area contributed by atoms with Crippen molar-refractivity contribution in [3.05, 3.63) is 99.7 Å². The van der Waals surface area contributed by atoms with Gasteiger partial charge in [0.1, 0.15) is 5.75 Å². The topological polar surface area (TPSA) is 55.6 Å². The predicted molar refractivity (Wildman–Crippen MR) is 135 cm³/mol. The number of rotatable bonds is 8. The van der Waals surface area contributed by atoms with Crippen LogP contribution >= 0.6 is 23.2 Å². The van der Waals surface area contributed by atoms with Gasteiger partial charge >= 0.3 is 0 Å². The summed E-state index contributed by atoms with van der Waals surface area (Å²) in [4.78, 5) is 12.4. The van der Waals surface area contributed by atoms with E-state index in [2.05, 4.69) is 15.1 Å². The van der Waals surface area contributed by atoms with Gasteiger partial charge in [-0.1, -0.05) is 54.4 Å². The molecule has 1 N–H and O–H groups in total. The fourth-order valence-corrected chi connectivity index (χ4v) is 3.81. The van der Waals surface area contributed by atoms with Crippen LogP contribution < -0.4 is 10.2 Å². The lowest BCUT2D eigenvalue weighted by Crippen LogP contribution is -2.17. The van der Waals surface area contributed by atoms with E-state index < -0.39 is 0 Å². The van der Waals surface area contributed by atoms with Crippen molar-refractivity contribution in [2.24, 2.45) is 5.10 Å². The van der Waals surface area contributed by atoms with Gasteiger partial charge in [-0.2, -0.15) is 5.10 Å². The first-order valence-electron chi connectivity index (χ1n) is 10.6. The Morgan fingerprint density at radius 2 is 1.85 bits per heavy atom. The van der Waals surface area contributed by atoms with Crippen LogP contribution in [0.4, 0.5) is 0 Å². The van der Waals surface area contributed by atoms with Gasteiger partial charge in [0.05, 0.1) is 22.9 Å². The largest absolute Gasteiger partial charge is 0.494 e. The van der Waals surface area contributed by atoms with Gasteiger partial charge in [0.2, 0.25) is 0 Å². The quantitative estimate of drug-likeness (QED) is 0.230. The molecule has 0 radical (unpaired) electrons. The molecule has 4 rings (SSSR count). The number of carbonyl (C=O) groups excluding carboxylic acids is 1. The number of fused-ring (bicyclic) bond motifs is 1. The molecule has 1 heterocycles. The molecule has 0 fully saturated rings. The van der Waals surface area contributed by atoms with Crippen LogP contribution in [0.3, 0.4) is 0 Å². The summed E-state index contributed by atoms with van der Waals surface area (Å²) in [5, 5.41) is 6.27. The fraction of sp³-hybridized carbons (Fsp3) is 0.154. The second-order valence-corrected chi connectivity index (χ2v) is 8.36. The minimum atomic E-state index is -0.284. The number of aromatic nitrogens is 1. The van der Waals surface area contributed by atoms with Gasteiger partial charge in [-0.25, -0.2) is 5.43 Å². The molecule has 0 aliphatic carbocycles. The summed E-state index contributed by atoms with van der Waals surface area (Å²) in [5.74, 6) is 0.458. The zero-order valence-corrected chi connectivity index (χ0v) is 19.6. The maximum atomic E-state index is 12.4. The summed E-state index contributed by atoms with van der Waals surface area (Å²) in [5.41, 5.74) is 6.10. The third-order valence-corrected chi connectivity index (χ3v) is 5.85. The molecule has 0 bridgehead atoms. The SMILES string of the molecule is CCCOc1ccc(C(=O)N/N=C/c2cn(Cc3ccc(Cl)c(Cl)c3)c3ccccc23)cc1. The van der Waals surface area contributed by atoms with Crippen molar-refractivity contribution in [3.63, 3.8) is 0 Å². The summed E-state index contributed by atoms with van der Waals surface area (Å²) >= 11 is 12.2. The summed E-state index contributed by atoms with van der Waals surface area (Å²) in [6.07, 6.45) is 4.59. The van der Waals surface area contributed by atoms with E-state index in [4.69, 9.17) is 27.9 Å². The minimum absolute atomic E-state index is 0.284. The number of nitrogens with zero attached hydrogens (tertiary/aromatic N) is 2. The van der Waals surface area contributed by atoms with Crippen LogP contribution in [0.15, 0.2) is 78.0 Å². The molecule has 1 aromatic heterocycles. The first-order chi connectivity index (χ1) is 16.0. The van der Waals surface area contributed by atoms with Gasteiger partial charge in [0, 0.05) is 34.8 Å². The van der Waals surface area contributed by atoms with E-state index in [1.165, 1.54) is 0 Å². The van der Waals surface area contributed by atoms with Crippen LogP contribution in [-0.4, -0.2) is 23.3 Å². The molecule has 7 heteroatoms. The molecule has 5 nitrogen and oxygen atoms in total. The van der Waals surface area contributed by atoms with Gasteiger partial charge in [0.25, 0.3) is 5.91 Å². The number of ether oxygens (including phenoxy) is 1. The van der Waals surface area contributed by atoms with E-state index in [0.29, 0.717) is 28.8 Å². The number of amides is 1. The number of hydrogen-bond donors (Lipinski definition) is 1. The van der Waals surface area contributed by atoms with E-state index in [1.54, 1.807) is 36.5 Å². The van der Waals surface area contributed by atoms with Gasteiger partial charge in [-0.3, -0.25) is 4.79 Å². The van der Waals surface area contributed by atoms with E-state index in [-0.39, 0.29) is 5.91 Å². The number of para-hydroxylation sites is 1. The van der Waals surface area contributed by atoms with Crippen LogP contribution in [-0.2, 0) is 6.54 Å². The molecule has 0 aliphatic rings. The molecule has 0 spiro atoms. The third-order valence-electron chi connectivity index (χ3n) is 5.12. The van der Waals surface area contributed by atoms with E-state index >= 15 is 0 Å². The Bertz CT molecular complexity index is 1300. The smallest absolute Gasteiger partial charge is 0.271 e. The first kappa shape index (κ1) is 22.9. The molecule has 33 heavy (non-hydrogen) atoms. The van der Waals surface area contributed by atoms with Gasteiger partial charge in [0.15, 0.2) is 0 Å². The maximum absolute atomic E-state index is 12.4. The zero-order valence-electron chi connectivity index (χ0n) is 18.1. The van der Waals surface area contributed by atoms with Crippen molar-refractivity contribution < 1.29 is 9.53 Å². The third kappa shape index (κ3) is 5.56. The van der Waals surface area contributed by atoms with Crippen molar-refractivity contribution in [3.8, 4) is 5.75 Å². The monoisotopic (exact) mass is 479 g/mol. The molecule has 0 saturated carbocycles. The number of carbonyl (C=O) groups is 1. The van der Waals surface area contributed by atoms with Crippen molar-refractivity contribution in [1.29, 1.82) is 0 Å². The molecular weight excluding hydrogens is 457 g/mol. The molecule has 3 aromatic carbocycles. The van der Waals surface area contributed by atoms with Gasteiger partial charge in [-0.15, -0.1) is 0 Å². The van der Waals surface area contributed by atoms with Crippen LogP contribution in [0, 0.1) is 0 Å². The summed E-state index contributed by atoms with van der Waals surface area (Å²) < 4.78 is 7.67. The number of hydrazone groups is 1. The number of halogens is 2. The molecule has 4 aromatic rings. The lowest BCUT2D eigenvalue weighted by atomic mass is 10.2. The second-order valence-electron chi connectivity index (χ2n) is 7.55. The Labute approximate surface area is 202 Å². The van der Waals surface area contributed by atoms with Crippen LogP contribution in [0.2, 0.25) is 10.0 Å². The van der Waals surface area contributed by atoms with Crippen molar-refractivity contribution in [2.75, 3.05) is 6.61 Å². The summed E-state index contributed by atoms with van der Waals surface area (Å²) in [7, 11) is 0. The highest BCUT2D eigenvalue weighted by atomic mass is 35.5. The van der Waals surface area contributed by atoms with E-state index in [9.17, 15) is 4.79 Å². The average Bonchev–Trinajstić information content (AvgIpc) is 3.17.